The van der Waals surface area contributed by atoms with Crippen LogP contribution >= 0.6 is 34.8 Å². The maximum Gasteiger partial charge on any atom is 0.355 e. The second-order valence-corrected chi connectivity index (χ2v) is 4.99. The minimum Gasteiger partial charge on any atom is -0.258 e. The summed E-state index contributed by atoms with van der Waals surface area (Å²) < 4.78 is 26.3. The van der Waals surface area contributed by atoms with Crippen molar-refractivity contribution >= 4 is 40.5 Å². The Kier molecular flexibility index (Phi) is 4.69. The van der Waals surface area contributed by atoms with Crippen molar-refractivity contribution in [2.75, 3.05) is 0 Å². The van der Waals surface area contributed by atoms with Crippen LogP contribution < -0.4 is 5.69 Å². The number of nitro benzene ring substituents is 1. The van der Waals surface area contributed by atoms with E-state index in [1.54, 1.807) is 0 Å². The number of rotatable bonds is 4. The van der Waals surface area contributed by atoms with E-state index in [4.69, 9.17) is 34.8 Å². The van der Waals surface area contributed by atoms with Gasteiger partial charge in [0.25, 0.3) is 5.69 Å². The Balaban J connectivity index is 2.75. The van der Waals surface area contributed by atoms with Gasteiger partial charge in [-0.25, -0.2) is 9.36 Å². The van der Waals surface area contributed by atoms with E-state index in [0.717, 1.165) is 12.1 Å². The molecule has 0 aliphatic carbocycles. The number of hydrogen-bond donors (Lipinski definition) is 0. The van der Waals surface area contributed by atoms with Crippen molar-refractivity contribution in [2.24, 2.45) is 0 Å². The normalized spacial score (nSPS) is 11.2. The maximum absolute atomic E-state index is 12.9. The summed E-state index contributed by atoms with van der Waals surface area (Å²) in [4.78, 5) is 22.0. The van der Waals surface area contributed by atoms with Crippen molar-refractivity contribution in [1.29, 1.82) is 0 Å². The van der Waals surface area contributed by atoms with E-state index in [-0.39, 0.29) is 20.3 Å². The first-order valence-corrected chi connectivity index (χ1v) is 6.75. The molecule has 1 aromatic heterocycles. The Labute approximate surface area is 135 Å². The highest BCUT2D eigenvalue weighted by Gasteiger charge is 2.24. The first-order valence-electron chi connectivity index (χ1n) is 5.46. The standard InChI is InChI=1S/C10H5Cl3F2N4O3/c11-3-8-16-18(10(20)17(8)9(14)15)6-2-7(19(21)22)5(13)1-4(6)12/h1-2,9H,3H2. The molecule has 2 rings (SSSR count). The summed E-state index contributed by atoms with van der Waals surface area (Å²) in [6, 6.07) is 1.89. The van der Waals surface area contributed by atoms with E-state index in [9.17, 15) is 23.7 Å². The molecule has 1 heterocycles. The summed E-state index contributed by atoms with van der Waals surface area (Å²) in [6.45, 7) is -3.17. The van der Waals surface area contributed by atoms with Gasteiger partial charge in [-0.15, -0.1) is 16.7 Å². The Morgan fingerprint density at radius 3 is 2.41 bits per heavy atom. The molecule has 0 bridgehead atoms. The first kappa shape index (κ1) is 16.7. The van der Waals surface area contributed by atoms with Crippen LogP contribution in [0.2, 0.25) is 10.0 Å². The van der Waals surface area contributed by atoms with Crippen molar-refractivity contribution in [3.8, 4) is 5.69 Å². The lowest BCUT2D eigenvalue weighted by atomic mass is 10.3. The highest BCUT2D eigenvalue weighted by molar-refractivity contribution is 6.37. The lowest BCUT2D eigenvalue weighted by Crippen LogP contribution is -2.25. The molecule has 0 fully saturated rings. The average molecular weight is 374 g/mol. The molecule has 0 aliphatic rings. The van der Waals surface area contributed by atoms with Gasteiger partial charge in [-0.3, -0.25) is 10.1 Å². The van der Waals surface area contributed by atoms with Crippen LogP contribution in [0.5, 0.6) is 0 Å². The van der Waals surface area contributed by atoms with Gasteiger partial charge in [-0.05, 0) is 6.07 Å². The molecule has 0 radical (unpaired) electrons. The number of nitro groups is 1. The molecule has 2 aromatic rings. The third-order valence-corrected chi connectivity index (χ3v) is 3.48. The lowest BCUT2D eigenvalue weighted by molar-refractivity contribution is -0.384. The predicted molar refractivity (Wildman–Crippen MR) is 75.3 cm³/mol. The molecular weight excluding hydrogens is 368 g/mol. The zero-order valence-electron chi connectivity index (χ0n) is 10.3. The Morgan fingerprint density at radius 1 is 1.32 bits per heavy atom. The second kappa shape index (κ2) is 6.19. The zero-order valence-corrected chi connectivity index (χ0v) is 12.6. The highest BCUT2D eigenvalue weighted by Crippen LogP contribution is 2.32. The Hall–Kier alpha value is -1.71. The van der Waals surface area contributed by atoms with Gasteiger partial charge < -0.3 is 0 Å². The van der Waals surface area contributed by atoms with Gasteiger partial charge in [0.15, 0.2) is 5.82 Å². The Morgan fingerprint density at radius 2 is 1.95 bits per heavy atom. The van der Waals surface area contributed by atoms with Crippen LogP contribution in [0.4, 0.5) is 14.5 Å². The molecule has 0 unspecified atom stereocenters. The van der Waals surface area contributed by atoms with E-state index >= 15 is 0 Å². The van der Waals surface area contributed by atoms with Gasteiger partial charge >= 0.3 is 12.2 Å². The number of hydrogen-bond acceptors (Lipinski definition) is 4. The third-order valence-electron chi connectivity index (χ3n) is 2.64. The van der Waals surface area contributed by atoms with Gasteiger partial charge in [-0.2, -0.15) is 13.5 Å². The van der Waals surface area contributed by atoms with Crippen molar-refractivity contribution in [1.82, 2.24) is 14.3 Å². The second-order valence-electron chi connectivity index (χ2n) is 3.90. The maximum atomic E-state index is 12.9. The minimum absolute atomic E-state index is 0.0593. The van der Waals surface area contributed by atoms with Crippen LogP contribution in [0.15, 0.2) is 16.9 Å². The van der Waals surface area contributed by atoms with E-state index < -0.39 is 34.6 Å². The van der Waals surface area contributed by atoms with Crippen molar-refractivity contribution in [2.45, 2.75) is 12.4 Å². The summed E-state index contributed by atoms with van der Waals surface area (Å²) in [7, 11) is 0. The summed E-state index contributed by atoms with van der Waals surface area (Å²) in [6.07, 6.45) is 0. The first-order chi connectivity index (χ1) is 10.3. The molecule has 0 saturated heterocycles. The number of nitrogens with zero attached hydrogens (tertiary/aromatic N) is 4. The van der Waals surface area contributed by atoms with Crippen LogP contribution in [-0.4, -0.2) is 19.3 Å². The summed E-state index contributed by atoms with van der Waals surface area (Å²) in [5, 5.41) is 14.0. The Bertz CT molecular complexity index is 805. The smallest absolute Gasteiger partial charge is 0.258 e. The molecule has 22 heavy (non-hydrogen) atoms. The highest BCUT2D eigenvalue weighted by atomic mass is 35.5. The summed E-state index contributed by atoms with van der Waals surface area (Å²) >= 11 is 17.0. The fourth-order valence-electron chi connectivity index (χ4n) is 1.69. The van der Waals surface area contributed by atoms with Crippen molar-refractivity contribution in [3.63, 3.8) is 0 Å². The van der Waals surface area contributed by atoms with Crippen molar-refractivity contribution in [3.05, 3.63) is 48.6 Å². The molecule has 0 N–H and O–H groups in total. The largest absolute Gasteiger partial charge is 0.355 e. The van der Waals surface area contributed by atoms with Gasteiger partial charge in [0, 0.05) is 6.07 Å². The number of benzene rings is 1. The molecule has 0 aliphatic heterocycles. The fourth-order valence-corrected chi connectivity index (χ4v) is 2.41. The number of alkyl halides is 3. The topological polar surface area (TPSA) is 83.0 Å². The molecule has 0 amide bonds. The quantitative estimate of drug-likeness (QED) is 0.467. The number of halogens is 5. The van der Waals surface area contributed by atoms with Gasteiger partial charge in [0.05, 0.1) is 21.5 Å². The van der Waals surface area contributed by atoms with E-state index in [2.05, 4.69) is 5.10 Å². The van der Waals surface area contributed by atoms with E-state index in [0.29, 0.717) is 4.68 Å². The molecule has 118 valence electrons. The molecule has 0 saturated carbocycles. The van der Waals surface area contributed by atoms with E-state index in [1.165, 1.54) is 0 Å². The third kappa shape index (κ3) is 2.79. The fraction of sp³-hybridized carbons (Fsp3) is 0.200. The van der Waals surface area contributed by atoms with Gasteiger partial charge in [0.2, 0.25) is 0 Å². The lowest BCUT2D eigenvalue weighted by Gasteiger charge is -2.04. The predicted octanol–water partition coefficient (Wildman–Crippen LogP) is 3.38. The number of aromatic nitrogens is 3. The van der Waals surface area contributed by atoms with Gasteiger partial charge in [-0.1, -0.05) is 23.2 Å². The monoisotopic (exact) mass is 372 g/mol. The molecule has 0 atom stereocenters. The SMILES string of the molecule is O=c1n(-c2cc([N+](=O)[O-])c(Cl)cc2Cl)nc(CCl)n1C(F)F. The summed E-state index contributed by atoms with van der Waals surface area (Å²) in [5.74, 6) is -0.866. The summed E-state index contributed by atoms with van der Waals surface area (Å²) in [5.41, 5.74) is -2.04. The minimum atomic E-state index is -3.17. The van der Waals surface area contributed by atoms with E-state index in [1.807, 2.05) is 0 Å². The zero-order chi connectivity index (χ0) is 16.6. The molecule has 0 spiro atoms. The van der Waals surface area contributed by atoms with Crippen LogP contribution in [0, 0.1) is 10.1 Å². The molecular formula is C10H5Cl3F2N4O3. The van der Waals surface area contributed by atoms with Crippen LogP contribution in [-0.2, 0) is 5.88 Å². The van der Waals surface area contributed by atoms with Crippen LogP contribution in [0.3, 0.4) is 0 Å². The van der Waals surface area contributed by atoms with Crippen LogP contribution in [0.1, 0.15) is 12.4 Å². The molecule has 12 heteroatoms. The molecule has 7 nitrogen and oxygen atoms in total. The van der Waals surface area contributed by atoms with Crippen LogP contribution in [0.25, 0.3) is 5.69 Å². The van der Waals surface area contributed by atoms with Crippen molar-refractivity contribution < 1.29 is 13.7 Å². The average Bonchev–Trinajstić information content (AvgIpc) is 2.75. The van der Waals surface area contributed by atoms with Gasteiger partial charge in [0.1, 0.15) is 5.02 Å². The molecule has 1 aromatic carbocycles.